The average Bonchev–Trinajstić information content (AvgIpc) is 2.73. The minimum absolute atomic E-state index is 0.132. The smallest absolute Gasteiger partial charge is 0.113 e. The van der Waals surface area contributed by atoms with Crippen molar-refractivity contribution in [1.29, 1.82) is 0 Å². The summed E-state index contributed by atoms with van der Waals surface area (Å²) in [5.74, 6) is 0. The molecule has 0 radical (unpaired) electrons. The lowest BCUT2D eigenvalue weighted by molar-refractivity contribution is 0.321. The standard InChI is InChI=1S/C15H26N2S/c1-14(2,3)12-11-18-13(17-12)15(16)9-7-5-4-6-8-10-15/h11H,4-10,16H2,1-3H3. The Kier molecular flexibility index (Phi) is 4.12. The molecule has 2 nitrogen and oxygen atoms in total. The van der Waals surface area contributed by atoms with Crippen LogP contribution in [0.3, 0.4) is 0 Å². The van der Waals surface area contributed by atoms with Gasteiger partial charge >= 0.3 is 0 Å². The van der Waals surface area contributed by atoms with Crippen molar-refractivity contribution in [1.82, 2.24) is 4.98 Å². The Balaban J connectivity index is 2.19. The highest BCUT2D eigenvalue weighted by Gasteiger charge is 2.31. The van der Waals surface area contributed by atoms with Crippen molar-refractivity contribution >= 4 is 11.3 Å². The molecular formula is C15H26N2S. The van der Waals surface area contributed by atoms with Gasteiger partial charge in [0.1, 0.15) is 5.01 Å². The SMILES string of the molecule is CC(C)(C)c1csc(C2(N)CCCCCCC2)n1. The maximum atomic E-state index is 6.65. The van der Waals surface area contributed by atoms with Crippen molar-refractivity contribution in [2.45, 2.75) is 76.7 Å². The fourth-order valence-corrected chi connectivity index (χ4v) is 3.82. The number of nitrogens with zero attached hydrogens (tertiary/aromatic N) is 1. The summed E-state index contributed by atoms with van der Waals surface area (Å²) in [7, 11) is 0. The van der Waals surface area contributed by atoms with E-state index in [0.717, 1.165) is 17.8 Å². The largest absolute Gasteiger partial charge is 0.319 e. The van der Waals surface area contributed by atoms with Gasteiger partial charge in [-0.1, -0.05) is 52.9 Å². The van der Waals surface area contributed by atoms with Gasteiger partial charge in [0.05, 0.1) is 11.2 Å². The average molecular weight is 266 g/mol. The zero-order chi connectivity index (χ0) is 13.2. The fraction of sp³-hybridized carbons (Fsp3) is 0.800. The van der Waals surface area contributed by atoms with Crippen LogP contribution in [0.15, 0.2) is 5.38 Å². The van der Waals surface area contributed by atoms with Gasteiger partial charge in [0.2, 0.25) is 0 Å². The topological polar surface area (TPSA) is 38.9 Å². The van der Waals surface area contributed by atoms with Crippen molar-refractivity contribution in [3.05, 3.63) is 16.1 Å². The molecule has 1 fully saturated rings. The molecule has 0 atom stereocenters. The maximum absolute atomic E-state index is 6.65. The molecule has 2 N–H and O–H groups in total. The first kappa shape index (κ1) is 14.0. The number of hydrogen-bond acceptors (Lipinski definition) is 3. The lowest BCUT2D eigenvalue weighted by atomic mass is 9.85. The molecule has 2 rings (SSSR count). The van der Waals surface area contributed by atoms with Crippen LogP contribution in [0, 0.1) is 0 Å². The summed E-state index contributed by atoms with van der Waals surface area (Å²) in [5, 5.41) is 3.36. The van der Waals surface area contributed by atoms with Crippen molar-refractivity contribution in [3.63, 3.8) is 0 Å². The molecule has 1 aliphatic carbocycles. The number of aromatic nitrogens is 1. The van der Waals surface area contributed by atoms with Gasteiger partial charge in [-0.05, 0) is 12.8 Å². The third-order valence-electron chi connectivity index (χ3n) is 3.94. The fourth-order valence-electron chi connectivity index (χ4n) is 2.60. The molecule has 3 heteroatoms. The summed E-state index contributed by atoms with van der Waals surface area (Å²) in [6, 6.07) is 0. The first-order valence-electron chi connectivity index (χ1n) is 7.17. The Morgan fingerprint density at radius 2 is 1.67 bits per heavy atom. The minimum atomic E-state index is -0.158. The monoisotopic (exact) mass is 266 g/mol. The molecular weight excluding hydrogens is 240 g/mol. The lowest BCUT2D eigenvalue weighted by Gasteiger charge is -2.29. The quantitative estimate of drug-likeness (QED) is 0.821. The third kappa shape index (κ3) is 3.12. The molecule has 1 saturated carbocycles. The summed E-state index contributed by atoms with van der Waals surface area (Å²) in [6.07, 6.45) is 8.74. The molecule has 102 valence electrons. The van der Waals surface area contributed by atoms with E-state index in [9.17, 15) is 0 Å². The second-order valence-corrected chi connectivity index (χ2v) is 7.57. The van der Waals surface area contributed by atoms with E-state index in [4.69, 9.17) is 10.7 Å². The Morgan fingerprint density at radius 1 is 1.11 bits per heavy atom. The van der Waals surface area contributed by atoms with Gasteiger partial charge in [0.15, 0.2) is 0 Å². The summed E-state index contributed by atoms with van der Waals surface area (Å²) in [6.45, 7) is 6.65. The van der Waals surface area contributed by atoms with Crippen LogP contribution in [0.5, 0.6) is 0 Å². The molecule has 18 heavy (non-hydrogen) atoms. The predicted molar refractivity (Wildman–Crippen MR) is 79.0 cm³/mol. The molecule has 0 aromatic carbocycles. The number of rotatable bonds is 1. The van der Waals surface area contributed by atoms with E-state index in [2.05, 4.69) is 26.2 Å². The van der Waals surface area contributed by atoms with Crippen molar-refractivity contribution in [3.8, 4) is 0 Å². The normalized spacial score (nSPS) is 21.3. The third-order valence-corrected chi connectivity index (χ3v) is 5.01. The molecule has 0 amide bonds. The van der Waals surface area contributed by atoms with E-state index in [1.54, 1.807) is 11.3 Å². The Morgan fingerprint density at radius 3 is 2.17 bits per heavy atom. The Hall–Kier alpha value is -0.410. The van der Waals surface area contributed by atoms with Crippen molar-refractivity contribution < 1.29 is 0 Å². The van der Waals surface area contributed by atoms with Gasteiger partial charge in [-0.2, -0.15) is 0 Å². The summed E-state index contributed by atoms with van der Waals surface area (Å²) in [4.78, 5) is 4.84. The van der Waals surface area contributed by atoms with Gasteiger partial charge < -0.3 is 5.73 Å². The molecule has 0 spiro atoms. The van der Waals surface area contributed by atoms with Crippen molar-refractivity contribution in [2.75, 3.05) is 0 Å². The van der Waals surface area contributed by atoms with E-state index in [0.29, 0.717) is 0 Å². The van der Waals surface area contributed by atoms with E-state index >= 15 is 0 Å². The van der Waals surface area contributed by atoms with Crippen LogP contribution in [-0.4, -0.2) is 4.98 Å². The molecule has 1 aliphatic rings. The molecule has 1 aromatic heterocycles. The van der Waals surface area contributed by atoms with E-state index in [1.165, 1.54) is 37.8 Å². The van der Waals surface area contributed by atoms with Crippen LogP contribution in [0.4, 0.5) is 0 Å². The van der Waals surface area contributed by atoms with Gasteiger partial charge in [0.25, 0.3) is 0 Å². The predicted octanol–water partition coefficient (Wildman–Crippen LogP) is 4.34. The van der Waals surface area contributed by atoms with Crippen molar-refractivity contribution in [2.24, 2.45) is 5.73 Å². The van der Waals surface area contributed by atoms with Crippen LogP contribution < -0.4 is 5.73 Å². The van der Waals surface area contributed by atoms with Crippen LogP contribution in [0.25, 0.3) is 0 Å². The first-order valence-corrected chi connectivity index (χ1v) is 8.05. The zero-order valence-electron chi connectivity index (χ0n) is 12.0. The van der Waals surface area contributed by atoms with Crippen LogP contribution >= 0.6 is 11.3 Å². The highest BCUT2D eigenvalue weighted by molar-refractivity contribution is 7.09. The van der Waals surface area contributed by atoms with Gasteiger partial charge in [-0.15, -0.1) is 11.3 Å². The van der Waals surface area contributed by atoms with Crippen LogP contribution in [0.1, 0.15) is 76.4 Å². The minimum Gasteiger partial charge on any atom is -0.319 e. The molecule has 0 saturated heterocycles. The molecule has 0 unspecified atom stereocenters. The highest BCUT2D eigenvalue weighted by atomic mass is 32.1. The number of hydrogen-bond donors (Lipinski definition) is 1. The zero-order valence-corrected chi connectivity index (χ0v) is 12.8. The lowest BCUT2D eigenvalue weighted by Crippen LogP contribution is -2.37. The summed E-state index contributed by atoms with van der Waals surface area (Å²) in [5.41, 5.74) is 7.82. The number of nitrogens with two attached hydrogens (primary N) is 1. The van der Waals surface area contributed by atoms with Crippen LogP contribution in [0.2, 0.25) is 0 Å². The van der Waals surface area contributed by atoms with Crippen LogP contribution in [-0.2, 0) is 11.0 Å². The second kappa shape index (κ2) is 5.30. The molecule has 0 bridgehead atoms. The molecule has 1 aromatic rings. The number of thiazole rings is 1. The Bertz CT molecular complexity index is 381. The van der Waals surface area contributed by atoms with Gasteiger partial charge in [-0.3, -0.25) is 0 Å². The van der Waals surface area contributed by atoms with Gasteiger partial charge in [-0.25, -0.2) is 4.98 Å². The summed E-state index contributed by atoms with van der Waals surface area (Å²) >= 11 is 1.76. The van der Waals surface area contributed by atoms with E-state index in [-0.39, 0.29) is 11.0 Å². The highest BCUT2D eigenvalue weighted by Crippen LogP contribution is 2.36. The van der Waals surface area contributed by atoms with Gasteiger partial charge in [0, 0.05) is 10.8 Å². The second-order valence-electron chi connectivity index (χ2n) is 6.71. The Labute approximate surface area is 115 Å². The molecule has 1 heterocycles. The van der Waals surface area contributed by atoms with E-state index < -0.39 is 0 Å². The molecule has 0 aliphatic heterocycles. The van der Waals surface area contributed by atoms with E-state index in [1.807, 2.05) is 0 Å². The summed E-state index contributed by atoms with van der Waals surface area (Å²) < 4.78 is 0. The first-order chi connectivity index (χ1) is 8.42. The maximum Gasteiger partial charge on any atom is 0.113 e.